The highest BCUT2D eigenvalue weighted by Gasteiger charge is 2.32. The average Bonchev–Trinajstić information content (AvgIpc) is 3.26. The number of piperidine rings is 1. The fraction of sp³-hybridized carbons (Fsp3) is 0.941. The van der Waals surface area contributed by atoms with E-state index in [1.165, 1.54) is 30.8 Å². The van der Waals surface area contributed by atoms with Gasteiger partial charge < -0.3 is 9.80 Å². The Hall–Kier alpha value is -0.260. The van der Waals surface area contributed by atoms with Gasteiger partial charge in [0.1, 0.15) is 0 Å². The maximum Gasteiger partial charge on any atom is 0.225 e. The van der Waals surface area contributed by atoms with Gasteiger partial charge in [-0.05, 0) is 58.0 Å². The van der Waals surface area contributed by atoms with E-state index in [-0.39, 0.29) is 5.92 Å². The van der Waals surface area contributed by atoms with Gasteiger partial charge in [-0.2, -0.15) is 11.8 Å². The van der Waals surface area contributed by atoms with E-state index < -0.39 is 0 Å². The van der Waals surface area contributed by atoms with Gasteiger partial charge in [0.2, 0.25) is 5.91 Å². The zero-order valence-electron chi connectivity index (χ0n) is 14.2. The molecule has 2 aliphatic heterocycles. The molecule has 3 aliphatic rings. The van der Waals surface area contributed by atoms with Gasteiger partial charge in [-0.3, -0.25) is 9.69 Å². The van der Waals surface area contributed by atoms with E-state index in [2.05, 4.69) is 28.6 Å². The van der Waals surface area contributed by atoms with Crippen LogP contribution in [0.15, 0.2) is 0 Å². The zero-order chi connectivity index (χ0) is 15.5. The van der Waals surface area contributed by atoms with Gasteiger partial charge in [-0.25, -0.2) is 0 Å². The molecule has 1 saturated carbocycles. The van der Waals surface area contributed by atoms with Gasteiger partial charge in [0.25, 0.3) is 0 Å². The van der Waals surface area contributed by atoms with Gasteiger partial charge in [0.15, 0.2) is 0 Å². The Morgan fingerprint density at radius 3 is 2.41 bits per heavy atom. The molecule has 2 saturated heterocycles. The van der Waals surface area contributed by atoms with Crippen LogP contribution in [0.3, 0.4) is 0 Å². The summed E-state index contributed by atoms with van der Waals surface area (Å²) in [6, 6.07) is 1.57. The highest BCUT2D eigenvalue weighted by Crippen LogP contribution is 2.28. The van der Waals surface area contributed by atoms with E-state index in [4.69, 9.17) is 0 Å². The number of hydrogen-bond donors (Lipinski definition) is 0. The molecular formula is C17H31N3OS. The molecule has 3 fully saturated rings. The SMILES string of the molecule is CN(CCN(C)C1CC1)C(=O)C1CCN([C@@H]2CCSC2)CC1. The molecule has 0 aromatic heterocycles. The Bertz CT molecular complexity index is 374. The number of rotatable bonds is 6. The van der Waals surface area contributed by atoms with E-state index in [0.29, 0.717) is 5.91 Å². The number of amides is 1. The second kappa shape index (κ2) is 7.54. The van der Waals surface area contributed by atoms with Gasteiger partial charge >= 0.3 is 0 Å². The molecule has 126 valence electrons. The van der Waals surface area contributed by atoms with Crippen LogP contribution in [0.1, 0.15) is 32.1 Å². The molecule has 3 rings (SSSR count). The van der Waals surface area contributed by atoms with Crippen LogP contribution in [0.2, 0.25) is 0 Å². The second-order valence-electron chi connectivity index (χ2n) is 7.30. The minimum Gasteiger partial charge on any atom is -0.344 e. The molecule has 0 bridgehead atoms. The summed E-state index contributed by atoms with van der Waals surface area (Å²) >= 11 is 2.08. The number of carbonyl (C=O) groups excluding carboxylic acids is 1. The fourth-order valence-electron chi connectivity index (χ4n) is 3.75. The lowest BCUT2D eigenvalue weighted by molar-refractivity contribution is -0.136. The molecular weight excluding hydrogens is 294 g/mol. The predicted octanol–water partition coefficient (Wildman–Crippen LogP) is 1.76. The number of nitrogens with zero attached hydrogens (tertiary/aromatic N) is 3. The minimum atomic E-state index is 0.265. The molecule has 0 aromatic rings. The number of hydrogen-bond acceptors (Lipinski definition) is 4. The summed E-state index contributed by atoms with van der Waals surface area (Å²) in [6.07, 6.45) is 6.14. The third kappa shape index (κ3) is 4.18. The first-order chi connectivity index (χ1) is 10.6. The van der Waals surface area contributed by atoms with Crippen molar-refractivity contribution in [3.63, 3.8) is 0 Å². The molecule has 4 nitrogen and oxygen atoms in total. The van der Waals surface area contributed by atoms with Crippen molar-refractivity contribution in [1.82, 2.24) is 14.7 Å². The number of thioether (sulfide) groups is 1. The van der Waals surface area contributed by atoms with Crippen molar-refractivity contribution in [3.8, 4) is 0 Å². The summed E-state index contributed by atoms with van der Waals surface area (Å²) in [5.74, 6) is 3.26. The van der Waals surface area contributed by atoms with Crippen LogP contribution in [-0.2, 0) is 4.79 Å². The van der Waals surface area contributed by atoms with Crippen molar-refractivity contribution in [2.24, 2.45) is 5.92 Å². The van der Waals surface area contributed by atoms with Crippen LogP contribution in [0.25, 0.3) is 0 Å². The Kier molecular flexibility index (Phi) is 5.69. The molecule has 0 spiro atoms. The first-order valence-electron chi connectivity index (χ1n) is 8.92. The topological polar surface area (TPSA) is 26.8 Å². The van der Waals surface area contributed by atoms with E-state index in [1.807, 2.05) is 11.9 Å². The predicted molar refractivity (Wildman–Crippen MR) is 93.3 cm³/mol. The largest absolute Gasteiger partial charge is 0.344 e. The molecule has 2 heterocycles. The standard InChI is InChI=1S/C17H31N3OS/c1-18(15-3-4-15)10-11-19(2)17(21)14-5-8-20(9-6-14)16-7-12-22-13-16/h14-16H,3-13H2,1-2H3/t16-/m1/s1. The molecule has 5 heteroatoms. The summed E-state index contributed by atoms with van der Waals surface area (Å²) in [7, 11) is 4.18. The third-order valence-corrected chi connectivity index (χ3v) is 6.78. The molecule has 1 aliphatic carbocycles. The normalized spacial score (nSPS) is 27.5. The maximum absolute atomic E-state index is 12.6. The lowest BCUT2D eigenvalue weighted by Crippen LogP contribution is -2.46. The van der Waals surface area contributed by atoms with E-state index in [9.17, 15) is 4.79 Å². The van der Waals surface area contributed by atoms with Gasteiger partial charge in [0, 0.05) is 43.9 Å². The Labute approximate surface area is 139 Å². The van der Waals surface area contributed by atoms with Crippen molar-refractivity contribution < 1.29 is 4.79 Å². The molecule has 22 heavy (non-hydrogen) atoms. The first kappa shape index (κ1) is 16.6. The van der Waals surface area contributed by atoms with E-state index in [0.717, 1.165) is 51.1 Å². The maximum atomic E-state index is 12.6. The monoisotopic (exact) mass is 325 g/mol. The second-order valence-corrected chi connectivity index (χ2v) is 8.45. The Morgan fingerprint density at radius 2 is 1.82 bits per heavy atom. The smallest absolute Gasteiger partial charge is 0.225 e. The van der Waals surface area contributed by atoms with Crippen molar-refractivity contribution in [3.05, 3.63) is 0 Å². The third-order valence-electron chi connectivity index (χ3n) is 5.64. The van der Waals surface area contributed by atoms with Crippen LogP contribution in [0, 0.1) is 5.92 Å². The molecule has 0 aromatic carbocycles. The van der Waals surface area contributed by atoms with Crippen LogP contribution in [0.4, 0.5) is 0 Å². The molecule has 1 amide bonds. The van der Waals surface area contributed by atoms with Gasteiger partial charge in [0.05, 0.1) is 0 Å². The van der Waals surface area contributed by atoms with Crippen LogP contribution in [0.5, 0.6) is 0 Å². The summed E-state index contributed by atoms with van der Waals surface area (Å²) in [5, 5.41) is 0. The van der Waals surface area contributed by atoms with Crippen molar-refractivity contribution in [1.29, 1.82) is 0 Å². The Balaban J connectivity index is 1.38. The van der Waals surface area contributed by atoms with Gasteiger partial charge in [-0.15, -0.1) is 0 Å². The minimum absolute atomic E-state index is 0.265. The summed E-state index contributed by atoms with van der Waals surface area (Å²) in [6.45, 7) is 4.14. The van der Waals surface area contributed by atoms with E-state index >= 15 is 0 Å². The molecule has 0 unspecified atom stereocenters. The summed E-state index contributed by atoms with van der Waals surface area (Å²) < 4.78 is 0. The summed E-state index contributed by atoms with van der Waals surface area (Å²) in [4.78, 5) is 19.6. The molecule has 0 radical (unpaired) electrons. The van der Waals surface area contributed by atoms with Crippen molar-refractivity contribution >= 4 is 17.7 Å². The summed E-state index contributed by atoms with van der Waals surface area (Å²) in [5.41, 5.74) is 0. The van der Waals surface area contributed by atoms with Crippen LogP contribution < -0.4 is 0 Å². The van der Waals surface area contributed by atoms with Crippen molar-refractivity contribution in [2.75, 3.05) is 51.8 Å². The van der Waals surface area contributed by atoms with Crippen LogP contribution >= 0.6 is 11.8 Å². The Morgan fingerprint density at radius 1 is 1.09 bits per heavy atom. The number of likely N-dealkylation sites (N-methyl/N-ethyl adjacent to an activating group) is 2. The molecule has 1 atom stereocenters. The molecule has 0 N–H and O–H groups in total. The highest BCUT2D eigenvalue weighted by atomic mass is 32.2. The number of carbonyl (C=O) groups is 1. The number of likely N-dealkylation sites (tertiary alicyclic amines) is 1. The lowest BCUT2D eigenvalue weighted by Gasteiger charge is -2.36. The quantitative estimate of drug-likeness (QED) is 0.743. The highest BCUT2D eigenvalue weighted by molar-refractivity contribution is 7.99. The first-order valence-corrected chi connectivity index (χ1v) is 10.1. The van der Waals surface area contributed by atoms with Crippen molar-refractivity contribution in [2.45, 2.75) is 44.2 Å². The zero-order valence-corrected chi connectivity index (χ0v) is 15.0. The fourth-order valence-corrected chi connectivity index (χ4v) is 5.00. The van der Waals surface area contributed by atoms with Gasteiger partial charge in [-0.1, -0.05) is 0 Å². The average molecular weight is 326 g/mol. The van der Waals surface area contributed by atoms with E-state index in [1.54, 1.807) is 0 Å². The lowest BCUT2D eigenvalue weighted by atomic mass is 9.94. The van der Waals surface area contributed by atoms with Crippen LogP contribution in [-0.4, -0.2) is 84.5 Å².